The van der Waals surface area contributed by atoms with Crippen LogP contribution in [0.3, 0.4) is 0 Å². The minimum absolute atomic E-state index is 0.00944. The van der Waals surface area contributed by atoms with E-state index < -0.39 is 0 Å². The highest BCUT2D eigenvalue weighted by atomic mass is 16.5. The van der Waals surface area contributed by atoms with Crippen molar-refractivity contribution in [3.63, 3.8) is 0 Å². The number of nitrogen functional groups attached to an aromatic ring is 1. The van der Waals surface area contributed by atoms with Crippen LogP contribution in [0.15, 0.2) is 42.5 Å². The van der Waals surface area contributed by atoms with Crippen molar-refractivity contribution >= 4 is 11.5 Å². The first-order valence-corrected chi connectivity index (χ1v) is 7.29. The maximum absolute atomic E-state index is 11.3. The second-order valence-corrected chi connectivity index (χ2v) is 5.18. The number of anilines is 1. The molecule has 0 saturated carbocycles. The number of carbonyl (C=O) groups is 1. The zero-order chi connectivity index (χ0) is 15.9. The SMILES string of the molecule is CC(=O)c1ccc(OCCCOc2cccc(C)c2)c(N)c1. The van der Waals surface area contributed by atoms with Crippen LogP contribution >= 0.6 is 0 Å². The zero-order valence-corrected chi connectivity index (χ0v) is 13.0. The minimum Gasteiger partial charge on any atom is -0.493 e. The van der Waals surface area contributed by atoms with E-state index in [0.29, 0.717) is 30.2 Å². The standard InChI is InChI=1S/C18H21NO3/c1-13-5-3-6-16(11-13)21-9-4-10-22-18-8-7-15(14(2)20)12-17(18)19/h3,5-8,11-12H,4,9-10,19H2,1-2H3. The number of aryl methyl sites for hydroxylation is 1. The lowest BCUT2D eigenvalue weighted by atomic mass is 10.1. The maximum Gasteiger partial charge on any atom is 0.159 e. The van der Waals surface area contributed by atoms with Crippen molar-refractivity contribution in [1.82, 2.24) is 0 Å². The third kappa shape index (κ3) is 4.52. The van der Waals surface area contributed by atoms with Crippen LogP contribution < -0.4 is 15.2 Å². The molecule has 0 heterocycles. The number of rotatable bonds is 7. The summed E-state index contributed by atoms with van der Waals surface area (Å²) in [6.45, 7) is 4.63. The van der Waals surface area contributed by atoms with Gasteiger partial charge in [0, 0.05) is 12.0 Å². The molecule has 0 atom stereocenters. The van der Waals surface area contributed by atoms with Crippen LogP contribution in [0.4, 0.5) is 5.69 Å². The molecule has 2 rings (SSSR count). The highest BCUT2D eigenvalue weighted by Crippen LogP contribution is 2.23. The van der Waals surface area contributed by atoms with Gasteiger partial charge in [-0.2, -0.15) is 0 Å². The van der Waals surface area contributed by atoms with E-state index in [1.165, 1.54) is 12.5 Å². The summed E-state index contributed by atoms with van der Waals surface area (Å²) in [6.07, 6.45) is 0.752. The number of Topliss-reactive ketones (excluding diaryl/α,β-unsaturated/α-hetero) is 1. The molecule has 2 aromatic rings. The average Bonchev–Trinajstić information content (AvgIpc) is 2.48. The molecule has 116 valence electrons. The Morgan fingerprint density at radius 3 is 2.55 bits per heavy atom. The Kier molecular flexibility index (Phi) is 5.42. The van der Waals surface area contributed by atoms with Gasteiger partial charge in [0.25, 0.3) is 0 Å². The molecule has 2 N–H and O–H groups in total. The number of hydrogen-bond acceptors (Lipinski definition) is 4. The summed E-state index contributed by atoms with van der Waals surface area (Å²) in [5.74, 6) is 1.45. The van der Waals surface area contributed by atoms with E-state index in [-0.39, 0.29) is 5.78 Å². The third-order valence-electron chi connectivity index (χ3n) is 3.22. The predicted octanol–water partition coefficient (Wildman–Crippen LogP) is 3.63. The second kappa shape index (κ2) is 7.50. The van der Waals surface area contributed by atoms with Crippen LogP contribution in [0.1, 0.15) is 29.3 Å². The molecular formula is C18H21NO3. The summed E-state index contributed by atoms with van der Waals surface area (Å²) in [5, 5.41) is 0. The minimum atomic E-state index is -0.00944. The van der Waals surface area contributed by atoms with Crippen molar-refractivity contribution < 1.29 is 14.3 Å². The molecule has 4 nitrogen and oxygen atoms in total. The molecule has 22 heavy (non-hydrogen) atoms. The number of hydrogen-bond donors (Lipinski definition) is 1. The molecule has 2 aromatic carbocycles. The molecule has 0 fully saturated rings. The number of nitrogens with two attached hydrogens (primary N) is 1. The van der Waals surface area contributed by atoms with E-state index >= 15 is 0 Å². The Labute approximate surface area is 130 Å². The summed E-state index contributed by atoms with van der Waals surface area (Å²) in [4.78, 5) is 11.3. The molecular weight excluding hydrogens is 278 g/mol. The molecule has 0 unspecified atom stereocenters. The lowest BCUT2D eigenvalue weighted by Crippen LogP contribution is -2.06. The molecule has 0 aliphatic heterocycles. The topological polar surface area (TPSA) is 61.5 Å². The summed E-state index contributed by atoms with van der Waals surface area (Å²) in [6, 6.07) is 13.0. The summed E-state index contributed by atoms with van der Waals surface area (Å²) in [7, 11) is 0. The Morgan fingerprint density at radius 2 is 1.86 bits per heavy atom. The average molecular weight is 299 g/mol. The van der Waals surface area contributed by atoms with E-state index in [2.05, 4.69) is 0 Å². The fourth-order valence-corrected chi connectivity index (χ4v) is 2.04. The molecule has 0 aliphatic carbocycles. The third-order valence-corrected chi connectivity index (χ3v) is 3.22. The number of carbonyl (C=O) groups excluding carboxylic acids is 1. The highest BCUT2D eigenvalue weighted by molar-refractivity contribution is 5.95. The number of benzene rings is 2. The fraction of sp³-hybridized carbons (Fsp3) is 0.278. The van der Waals surface area contributed by atoms with Gasteiger partial charge < -0.3 is 15.2 Å². The van der Waals surface area contributed by atoms with E-state index in [0.717, 1.165) is 12.2 Å². The van der Waals surface area contributed by atoms with Crippen molar-refractivity contribution in [2.24, 2.45) is 0 Å². The van der Waals surface area contributed by atoms with E-state index in [4.69, 9.17) is 15.2 Å². The summed E-state index contributed by atoms with van der Waals surface area (Å²) in [5.41, 5.74) is 8.12. The van der Waals surface area contributed by atoms with Gasteiger partial charge in [0.2, 0.25) is 0 Å². The molecule has 0 aliphatic rings. The first-order chi connectivity index (χ1) is 10.6. The van der Waals surface area contributed by atoms with Crippen molar-refractivity contribution in [3.05, 3.63) is 53.6 Å². The summed E-state index contributed by atoms with van der Waals surface area (Å²) >= 11 is 0. The van der Waals surface area contributed by atoms with Crippen molar-refractivity contribution in [3.8, 4) is 11.5 Å². The van der Waals surface area contributed by atoms with Gasteiger partial charge in [0.1, 0.15) is 11.5 Å². The Hall–Kier alpha value is -2.49. The molecule has 0 spiro atoms. The summed E-state index contributed by atoms with van der Waals surface area (Å²) < 4.78 is 11.3. The lowest BCUT2D eigenvalue weighted by Gasteiger charge is -2.10. The molecule has 0 bridgehead atoms. The van der Waals surface area contributed by atoms with Crippen LogP contribution in [-0.2, 0) is 0 Å². The Balaban J connectivity index is 1.76. The van der Waals surface area contributed by atoms with Gasteiger partial charge in [0.05, 0.1) is 18.9 Å². The first-order valence-electron chi connectivity index (χ1n) is 7.29. The molecule has 4 heteroatoms. The second-order valence-electron chi connectivity index (χ2n) is 5.18. The number of ketones is 1. The van der Waals surface area contributed by atoms with Crippen molar-refractivity contribution in [2.45, 2.75) is 20.3 Å². The lowest BCUT2D eigenvalue weighted by molar-refractivity contribution is 0.101. The molecule has 0 aromatic heterocycles. The largest absolute Gasteiger partial charge is 0.493 e. The Morgan fingerprint density at radius 1 is 1.09 bits per heavy atom. The molecule has 0 radical (unpaired) electrons. The Bertz CT molecular complexity index is 653. The van der Waals surface area contributed by atoms with Gasteiger partial charge in [0.15, 0.2) is 5.78 Å². The normalized spacial score (nSPS) is 10.3. The van der Waals surface area contributed by atoms with E-state index in [1.807, 2.05) is 31.2 Å². The zero-order valence-electron chi connectivity index (χ0n) is 13.0. The van der Waals surface area contributed by atoms with Crippen molar-refractivity contribution in [1.29, 1.82) is 0 Å². The molecule has 0 amide bonds. The van der Waals surface area contributed by atoms with Crippen LogP contribution in [0.5, 0.6) is 11.5 Å². The van der Waals surface area contributed by atoms with Gasteiger partial charge in [-0.05, 0) is 49.7 Å². The van der Waals surface area contributed by atoms with Crippen LogP contribution in [-0.4, -0.2) is 19.0 Å². The van der Waals surface area contributed by atoms with Crippen molar-refractivity contribution in [2.75, 3.05) is 18.9 Å². The van der Waals surface area contributed by atoms with E-state index in [9.17, 15) is 4.79 Å². The fourth-order valence-electron chi connectivity index (χ4n) is 2.04. The first kappa shape index (κ1) is 15.9. The maximum atomic E-state index is 11.3. The van der Waals surface area contributed by atoms with Gasteiger partial charge in [-0.1, -0.05) is 12.1 Å². The monoisotopic (exact) mass is 299 g/mol. The highest BCUT2D eigenvalue weighted by Gasteiger charge is 2.05. The quantitative estimate of drug-likeness (QED) is 0.482. The van der Waals surface area contributed by atoms with Gasteiger partial charge >= 0.3 is 0 Å². The van der Waals surface area contributed by atoms with Gasteiger partial charge in [-0.3, -0.25) is 4.79 Å². The number of ether oxygens (including phenoxy) is 2. The smallest absolute Gasteiger partial charge is 0.159 e. The van der Waals surface area contributed by atoms with Gasteiger partial charge in [-0.25, -0.2) is 0 Å². The molecule has 0 saturated heterocycles. The predicted molar refractivity (Wildman–Crippen MR) is 87.6 cm³/mol. The van der Waals surface area contributed by atoms with Crippen LogP contribution in [0.2, 0.25) is 0 Å². The van der Waals surface area contributed by atoms with Crippen LogP contribution in [0.25, 0.3) is 0 Å². The van der Waals surface area contributed by atoms with Crippen LogP contribution in [0, 0.1) is 6.92 Å². The van der Waals surface area contributed by atoms with E-state index in [1.54, 1.807) is 18.2 Å². The van der Waals surface area contributed by atoms with Gasteiger partial charge in [-0.15, -0.1) is 0 Å².